The van der Waals surface area contributed by atoms with Crippen molar-refractivity contribution in [3.8, 4) is 16.9 Å². The minimum absolute atomic E-state index is 0.0324. The van der Waals surface area contributed by atoms with Crippen molar-refractivity contribution in [2.24, 2.45) is 0 Å². The Morgan fingerprint density at radius 1 is 0.871 bits per heavy atom. The highest BCUT2D eigenvalue weighted by Gasteiger charge is 2.26. The zero-order valence-electron chi connectivity index (χ0n) is 17.4. The molecule has 0 unspecified atom stereocenters. The molecule has 1 amide bonds. The van der Waals surface area contributed by atoms with Gasteiger partial charge >= 0.3 is 0 Å². The molecule has 4 heteroatoms. The smallest absolute Gasteiger partial charge is 0.256 e. The average Bonchev–Trinajstić information content (AvgIpc) is 3.16. The Bertz CT molecular complexity index is 1240. The Labute approximate surface area is 181 Å². The predicted octanol–water partition coefficient (Wildman–Crippen LogP) is 5.79. The summed E-state index contributed by atoms with van der Waals surface area (Å²) in [6.07, 6.45) is 0.866. The number of hydrogen-bond donors (Lipinski definition) is 0. The van der Waals surface area contributed by atoms with E-state index in [0.29, 0.717) is 18.7 Å². The topological polar surface area (TPSA) is 25.2 Å². The van der Waals surface area contributed by atoms with Gasteiger partial charge in [-0.1, -0.05) is 54.6 Å². The molecule has 0 spiro atoms. The fourth-order valence-electron chi connectivity index (χ4n) is 4.41. The van der Waals surface area contributed by atoms with Crippen LogP contribution >= 0.6 is 0 Å². The molecule has 2 heterocycles. The fraction of sp³-hybridized carbons (Fsp3) is 0.148. The van der Waals surface area contributed by atoms with E-state index in [1.807, 2.05) is 58.9 Å². The summed E-state index contributed by atoms with van der Waals surface area (Å²) >= 11 is 0. The quantitative estimate of drug-likeness (QED) is 0.420. The number of amides is 1. The Morgan fingerprint density at radius 2 is 1.55 bits per heavy atom. The van der Waals surface area contributed by atoms with E-state index in [4.69, 9.17) is 0 Å². The summed E-state index contributed by atoms with van der Waals surface area (Å²) in [4.78, 5) is 15.5. The molecule has 0 saturated carbocycles. The second-order valence-corrected chi connectivity index (χ2v) is 7.95. The molecule has 3 nitrogen and oxygen atoms in total. The third kappa shape index (κ3) is 3.55. The number of carbonyl (C=O) groups excluding carboxylic acids is 1. The van der Waals surface area contributed by atoms with Gasteiger partial charge in [0, 0.05) is 24.5 Å². The maximum atomic E-state index is 13.6. The van der Waals surface area contributed by atoms with Crippen LogP contribution in [0.4, 0.5) is 4.39 Å². The number of halogens is 1. The first-order valence-electron chi connectivity index (χ1n) is 10.5. The van der Waals surface area contributed by atoms with E-state index in [-0.39, 0.29) is 11.7 Å². The lowest BCUT2D eigenvalue weighted by atomic mass is 9.99. The highest BCUT2D eigenvalue weighted by molar-refractivity contribution is 5.97. The minimum Gasteiger partial charge on any atom is -0.334 e. The first-order valence-corrected chi connectivity index (χ1v) is 10.5. The summed E-state index contributed by atoms with van der Waals surface area (Å²) < 4.78 is 15.6. The third-order valence-electron chi connectivity index (χ3n) is 6.05. The molecule has 0 bridgehead atoms. The standard InChI is InChI=1S/C27H23FN2O/c1-19-25(27(31)29-16-15-20-7-5-6-10-22(20)18-29)17-26(21-8-3-2-4-9-21)30(19)24-13-11-23(28)12-14-24/h2-14,17H,15-16,18H2,1H3. The highest BCUT2D eigenvalue weighted by Crippen LogP contribution is 2.31. The van der Waals surface area contributed by atoms with Crippen LogP contribution in [0.25, 0.3) is 16.9 Å². The molecule has 0 saturated heterocycles. The van der Waals surface area contributed by atoms with Gasteiger partial charge in [-0.3, -0.25) is 4.79 Å². The van der Waals surface area contributed by atoms with Crippen LogP contribution in [0.2, 0.25) is 0 Å². The van der Waals surface area contributed by atoms with E-state index >= 15 is 0 Å². The maximum Gasteiger partial charge on any atom is 0.256 e. The van der Waals surface area contributed by atoms with Gasteiger partial charge in [0.2, 0.25) is 0 Å². The van der Waals surface area contributed by atoms with Crippen molar-refractivity contribution >= 4 is 5.91 Å². The number of aromatic nitrogens is 1. The molecule has 5 rings (SSSR count). The molecular formula is C27H23FN2O. The van der Waals surface area contributed by atoms with Crippen molar-refractivity contribution in [1.29, 1.82) is 0 Å². The number of fused-ring (bicyclic) bond motifs is 1. The largest absolute Gasteiger partial charge is 0.334 e. The van der Waals surface area contributed by atoms with Crippen molar-refractivity contribution in [3.63, 3.8) is 0 Å². The molecule has 0 atom stereocenters. The monoisotopic (exact) mass is 410 g/mol. The van der Waals surface area contributed by atoms with Gasteiger partial charge < -0.3 is 9.47 Å². The molecule has 4 aromatic rings. The van der Waals surface area contributed by atoms with Gasteiger partial charge in [-0.05, 0) is 60.4 Å². The van der Waals surface area contributed by atoms with Crippen LogP contribution < -0.4 is 0 Å². The molecule has 154 valence electrons. The summed E-state index contributed by atoms with van der Waals surface area (Å²) in [5.74, 6) is -0.247. The van der Waals surface area contributed by atoms with Gasteiger partial charge in [0.25, 0.3) is 5.91 Å². The maximum absolute atomic E-state index is 13.6. The molecule has 0 fully saturated rings. The first-order chi connectivity index (χ1) is 15.1. The highest BCUT2D eigenvalue weighted by atomic mass is 19.1. The second-order valence-electron chi connectivity index (χ2n) is 7.95. The van der Waals surface area contributed by atoms with Crippen molar-refractivity contribution in [1.82, 2.24) is 9.47 Å². The molecular weight excluding hydrogens is 387 g/mol. The van der Waals surface area contributed by atoms with E-state index < -0.39 is 0 Å². The summed E-state index contributed by atoms with van der Waals surface area (Å²) in [6.45, 7) is 3.29. The van der Waals surface area contributed by atoms with Crippen LogP contribution in [0, 0.1) is 12.7 Å². The van der Waals surface area contributed by atoms with Crippen LogP contribution in [-0.2, 0) is 13.0 Å². The lowest BCUT2D eigenvalue weighted by molar-refractivity contribution is 0.0734. The number of benzene rings is 3. The van der Waals surface area contributed by atoms with Gasteiger partial charge in [-0.2, -0.15) is 0 Å². The lowest BCUT2D eigenvalue weighted by Crippen LogP contribution is -2.36. The molecule has 0 radical (unpaired) electrons. The zero-order valence-corrected chi connectivity index (χ0v) is 17.4. The van der Waals surface area contributed by atoms with E-state index in [1.54, 1.807) is 12.1 Å². The fourth-order valence-corrected chi connectivity index (χ4v) is 4.41. The van der Waals surface area contributed by atoms with Crippen LogP contribution in [-0.4, -0.2) is 21.9 Å². The second kappa shape index (κ2) is 7.88. The Hall–Kier alpha value is -3.66. The van der Waals surface area contributed by atoms with E-state index in [2.05, 4.69) is 18.2 Å². The van der Waals surface area contributed by atoms with Gasteiger partial charge in [-0.25, -0.2) is 4.39 Å². The van der Waals surface area contributed by atoms with Crippen LogP contribution in [0.3, 0.4) is 0 Å². The molecule has 0 N–H and O–H groups in total. The van der Waals surface area contributed by atoms with Gasteiger partial charge in [-0.15, -0.1) is 0 Å². The average molecular weight is 410 g/mol. The van der Waals surface area contributed by atoms with Crippen molar-refractivity contribution in [2.75, 3.05) is 6.54 Å². The number of rotatable bonds is 3. The van der Waals surface area contributed by atoms with Crippen LogP contribution in [0.15, 0.2) is 84.9 Å². The van der Waals surface area contributed by atoms with Gasteiger partial charge in [0.15, 0.2) is 0 Å². The van der Waals surface area contributed by atoms with Gasteiger partial charge in [0.1, 0.15) is 5.82 Å². The van der Waals surface area contributed by atoms with Crippen molar-refractivity contribution in [2.45, 2.75) is 19.9 Å². The first kappa shape index (κ1) is 19.3. The Kier molecular flexibility index (Phi) is 4.91. The van der Waals surface area contributed by atoms with Gasteiger partial charge in [0.05, 0.1) is 11.3 Å². The zero-order chi connectivity index (χ0) is 21.4. The third-order valence-corrected chi connectivity index (χ3v) is 6.05. The number of carbonyl (C=O) groups is 1. The van der Waals surface area contributed by atoms with Crippen molar-refractivity contribution in [3.05, 3.63) is 113 Å². The summed E-state index contributed by atoms with van der Waals surface area (Å²) in [5, 5.41) is 0. The van der Waals surface area contributed by atoms with E-state index in [1.165, 1.54) is 23.3 Å². The lowest BCUT2D eigenvalue weighted by Gasteiger charge is -2.29. The molecule has 3 aromatic carbocycles. The van der Waals surface area contributed by atoms with Crippen molar-refractivity contribution < 1.29 is 9.18 Å². The summed E-state index contributed by atoms with van der Waals surface area (Å²) in [7, 11) is 0. The SMILES string of the molecule is Cc1c(C(=O)N2CCc3ccccc3C2)cc(-c2ccccc2)n1-c1ccc(F)cc1. The molecule has 31 heavy (non-hydrogen) atoms. The van der Waals surface area contributed by atoms with E-state index in [0.717, 1.165) is 29.1 Å². The predicted molar refractivity (Wildman–Crippen MR) is 121 cm³/mol. The minimum atomic E-state index is -0.280. The number of nitrogens with zero attached hydrogens (tertiary/aromatic N) is 2. The molecule has 1 aliphatic rings. The summed E-state index contributed by atoms with van der Waals surface area (Å²) in [5.41, 5.74) is 6.83. The number of hydrogen-bond acceptors (Lipinski definition) is 1. The summed E-state index contributed by atoms with van der Waals surface area (Å²) in [6, 6.07) is 26.7. The van der Waals surface area contributed by atoms with Crippen LogP contribution in [0.1, 0.15) is 27.2 Å². The molecule has 0 aliphatic carbocycles. The normalized spacial score (nSPS) is 13.2. The Balaban J connectivity index is 1.58. The Morgan fingerprint density at radius 3 is 2.29 bits per heavy atom. The molecule has 1 aromatic heterocycles. The molecule has 1 aliphatic heterocycles. The van der Waals surface area contributed by atoms with E-state index in [9.17, 15) is 9.18 Å². The van der Waals surface area contributed by atoms with Crippen LogP contribution in [0.5, 0.6) is 0 Å².